The zero-order valence-corrected chi connectivity index (χ0v) is 6.29. The lowest BCUT2D eigenvalue weighted by atomic mass is 10.00. The van der Waals surface area contributed by atoms with Crippen LogP contribution < -0.4 is 11.5 Å². The van der Waals surface area contributed by atoms with Crippen LogP contribution in [0.1, 0.15) is 12.8 Å². The Hall–Kier alpha value is -0.810. The summed E-state index contributed by atoms with van der Waals surface area (Å²) >= 11 is 0. The molecule has 0 spiro atoms. The molecule has 0 aliphatic carbocycles. The van der Waals surface area contributed by atoms with Gasteiger partial charge in [-0.1, -0.05) is 0 Å². The van der Waals surface area contributed by atoms with E-state index in [0.717, 1.165) is 0 Å². The largest absolute Gasteiger partial charge is 0.465 e. The first-order valence-electron chi connectivity index (χ1n) is 3.57. The van der Waals surface area contributed by atoms with Crippen LogP contribution in [0.25, 0.3) is 0 Å². The Morgan fingerprint density at radius 3 is 2.18 bits per heavy atom. The fourth-order valence-corrected chi connectivity index (χ4v) is 1.11. The molecule has 0 aromatic rings. The number of carboxylic acid groups (broad SMARTS) is 1. The minimum Gasteiger partial charge on any atom is -0.465 e. The molecule has 1 fully saturated rings. The molecule has 1 aliphatic rings. The minimum absolute atomic E-state index is 0.447. The molecule has 64 valence electrons. The number of hydrogen-bond acceptors (Lipinski definition) is 3. The van der Waals surface area contributed by atoms with Crippen LogP contribution >= 0.6 is 0 Å². The smallest absolute Gasteiger partial charge is 0.407 e. The summed E-state index contributed by atoms with van der Waals surface area (Å²) in [5.41, 5.74) is 10.5. The van der Waals surface area contributed by atoms with E-state index in [0.29, 0.717) is 25.9 Å². The maximum Gasteiger partial charge on any atom is 0.407 e. The van der Waals surface area contributed by atoms with Crippen LogP contribution in [0.3, 0.4) is 0 Å². The van der Waals surface area contributed by atoms with Crippen LogP contribution in [0.15, 0.2) is 0 Å². The summed E-state index contributed by atoms with van der Waals surface area (Å²) in [6.07, 6.45) is 0.194. The van der Waals surface area contributed by atoms with Crippen molar-refractivity contribution in [3.8, 4) is 0 Å². The molecular weight excluding hydrogens is 146 g/mol. The summed E-state index contributed by atoms with van der Waals surface area (Å²) < 4.78 is 0. The fraction of sp³-hybridized carbons (Fsp3) is 0.833. The molecule has 0 bridgehead atoms. The Kier molecular flexibility index (Phi) is 2.01. The number of hydrogen-bond donors (Lipinski definition) is 3. The molecule has 0 unspecified atom stereocenters. The maximum atomic E-state index is 10.4. The number of piperidine rings is 1. The number of nitrogens with zero attached hydrogens (tertiary/aromatic N) is 1. The van der Waals surface area contributed by atoms with E-state index < -0.39 is 11.8 Å². The minimum atomic E-state index is -0.888. The Morgan fingerprint density at radius 2 is 1.82 bits per heavy atom. The summed E-state index contributed by atoms with van der Waals surface area (Å²) in [6.45, 7) is 0.894. The second kappa shape index (κ2) is 2.67. The van der Waals surface area contributed by atoms with Crippen LogP contribution in [-0.4, -0.2) is 34.9 Å². The molecule has 0 saturated carbocycles. The Labute approximate surface area is 65.0 Å². The highest BCUT2D eigenvalue weighted by Gasteiger charge is 2.28. The van der Waals surface area contributed by atoms with Crippen molar-refractivity contribution in [1.29, 1.82) is 0 Å². The van der Waals surface area contributed by atoms with Crippen molar-refractivity contribution in [2.75, 3.05) is 13.1 Å². The summed E-state index contributed by atoms with van der Waals surface area (Å²) in [6, 6.07) is 0. The van der Waals surface area contributed by atoms with Gasteiger partial charge in [0.15, 0.2) is 0 Å². The van der Waals surface area contributed by atoms with Gasteiger partial charge in [-0.15, -0.1) is 0 Å². The van der Waals surface area contributed by atoms with Gasteiger partial charge in [-0.25, -0.2) is 4.79 Å². The SMILES string of the molecule is NC1(N)CCN(C(=O)O)CC1. The lowest BCUT2D eigenvalue weighted by molar-refractivity contribution is 0.119. The van der Waals surface area contributed by atoms with E-state index in [2.05, 4.69) is 0 Å². The molecule has 11 heavy (non-hydrogen) atoms. The average molecular weight is 159 g/mol. The third-order valence-electron chi connectivity index (χ3n) is 1.96. The molecule has 0 radical (unpaired) electrons. The van der Waals surface area contributed by atoms with Gasteiger partial charge in [0.1, 0.15) is 0 Å². The van der Waals surface area contributed by atoms with Gasteiger partial charge in [0.2, 0.25) is 0 Å². The molecule has 5 heteroatoms. The van der Waals surface area contributed by atoms with Gasteiger partial charge in [0.05, 0.1) is 5.66 Å². The first-order chi connectivity index (χ1) is 5.01. The van der Waals surface area contributed by atoms with Gasteiger partial charge in [-0.05, 0) is 12.8 Å². The van der Waals surface area contributed by atoms with Crippen molar-refractivity contribution in [3.05, 3.63) is 0 Å². The molecule has 1 amide bonds. The summed E-state index contributed by atoms with van der Waals surface area (Å²) in [5, 5.41) is 8.55. The highest BCUT2D eigenvalue weighted by Crippen LogP contribution is 2.13. The number of amides is 1. The van der Waals surface area contributed by atoms with Crippen molar-refractivity contribution >= 4 is 6.09 Å². The van der Waals surface area contributed by atoms with E-state index in [4.69, 9.17) is 16.6 Å². The Balaban J connectivity index is 2.42. The van der Waals surface area contributed by atoms with E-state index >= 15 is 0 Å². The lowest BCUT2D eigenvalue weighted by Crippen LogP contribution is -2.57. The van der Waals surface area contributed by atoms with E-state index in [1.165, 1.54) is 4.90 Å². The maximum absolute atomic E-state index is 10.4. The Bertz CT molecular complexity index is 159. The predicted octanol–water partition coefficient (Wildman–Crippen LogP) is -0.626. The fourth-order valence-electron chi connectivity index (χ4n) is 1.11. The molecule has 1 heterocycles. The summed E-state index contributed by atoms with van der Waals surface area (Å²) in [4.78, 5) is 11.7. The molecule has 1 aliphatic heterocycles. The van der Waals surface area contributed by atoms with Gasteiger partial charge < -0.3 is 21.5 Å². The molecule has 5 N–H and O–H groups in total. The molecule has 5 nitrogen and oxygen atoms in total. The van der Waals surface area contributed by atoms with E-state index in [1.807, 2.05) is 0 Å². The van der Waals surface area contributed by atoms with Gasteiger partial charge in [-0.2, -0.15) is 0 Å². The highest BCUT2D eigenvalue weighted by atomic mass is 16.4. The van der Waals surface area contributed by atoms with Crippen LogP contribution in [-0.2, 0) is 0 Å². The molecule has 1 rings (SSSR count). The third-order valence-corrected chi connectivity index (χ3v) is 1.96. The monoisotopic (exact) mass is 159 g/mol. The van der Waals surface area contributed by atoms with Crippen molar-refractivity contribution in [3.63, 3.8) is 0 Å². The normalized spacial score (nSPS) is 23.3. The van der Waals surface area contributed by atoms with Crippen LogP contribution in [0, 0.1) is 0 Å². The number of nitrogens with two attached hydrogens (primary N) is 2. The van der Waals surface area contributed by atoms with Crippen LogP contribution in [0.5, 0.6) is 0 Å². The standard InChI is InChI=1S/C6H13N3O2/c7-6(8)1-3-9(4-2-6)5(10)11/h1-4,7-8H2,(H,10,11). The third kappa shape index (κ3) is 2.06. The molecule has 1 saturated heterocycles. The first-order valence-corrected chi connectivity index (χ1v) is 3.57. The average Bonchev–Trinajstić information content (AvgIpc) is 1.86. The second-order valence-corrected chi connectivity index (χ2v) is 3.00. The Morgan fingerprint density at radius 1 is 1.36 bits per heavy atom. The summed E-state index contributed by atoms with van der Waals surface area (Å²) in [5.74, 6) is 0. The lowest BCUT2D eigenvalue weighted by Gasteiger charge is -2.34. The van der Waals surface area contributed by atoms with Crippen molar-refractivity contribution in [1.82, 2.24) is 4.90 Å². The van der Waals surface area contributed by atoms with Crippen LogP contribution in [0.4, 0.5) is 4.79 Å². The molecule has 0 aromatic carbocycles. The molecule has 0 aromatic heterocycles. The predicted molar refractivity (Wildman–Crippen MR) is 39.9 cm³/mol. The van der Waals surface area contributed by atoms with Gasteiger partial charge in [0, 0.05) is 13.1 Å². The zero-order chi connectivity index (χ0) is 8.48. The van der Waals surface area contributed by atoms with E-state index in [9.17, 15) is 4.79 Å². The summed E-state index contributed by atoms with van der Waals surface area (Å²) in [7, 11) is 0. The second-order valence-electron chi connectivity index (χ2n) is 3.00. The van der Waals surface area contributed by atoms with Gasteiger partial charge in [-0.3, -0.25) is 0 Å². The quantitative estimate of drug-likeness (QED) is 0.410. The van der Waals surface area contributed by atoms with E-state index in [-0.39, 0.29) is 0 Å². The number of rotatable bonds is 0. The van der Waals surface area contributed by atoms with Crippen molar-refractivity contribution < 1.29 is 9.90 Å². The van der Waals surface area contributed by atoms with Gasteiger partial charge in [0.25, 0.3) is 0 Å². The van der Waals surface area contributed by atoms with Crippen molar-refractivity contribution in [2.24, 2.45) is 11.5 Å². The first kappa shape index (κ1) is 8.29. The van der Waals surface area contributed by atoms with Crippen LogP contribution in [0.2, 0.25) is 0 Å². The van der Waals surface area contributed by atoms with Crippen molar-refractivity contribution in [2.45, 2.75) is 18.5 Å². The zero-order valence-electron chi connectivity index (χ0n) is 6.29. The topological polar surface area (TPSA) is 92.6 Å². The highest BCUT2D eigenvalue weighted by molar-refractivity contribution is 5.65. The molecule has 0 atom stereocenters. The number of likely N-dealkylation sites (tertiary alicyclic amines) is 1. The molecular formula is C6H13N3O2. The van der Waals surface area contributed by atoms with Gasteiger partial charge >= 0.3 is 6.09 Å². The number of carbonyl (C=O) groups is 1. The van der Waals surface area contributed by atoms with E-state index in [1.54, 1.807) is 0 Å².